The molecule has 3 rings (SSSR count). The van der Waals surface area contributed by atoms with E-state index in [2.05, 4.69) is 58.6 Å². The lowest BCUT2D eigenvalue weighted by atomic mass is 10.2. The van der Waals surface area contributed by atoms with Gasteiger partial charge in [0.1, 0.15) is 0 Å². The Balaban J connectivity index is 1.52. The summed E-state index contributed by atoms with van der Waals surface area (Å²) in [6.45, 7) is 5.57. The molecule has 112 valence electrons. The summed E-state index contributed by atoms with van der Waals surface area (Å²) in [4.78, 5) is 2.53. The van der Waals surface area contributed by atoms with E-state index in [1.807, 2.05) is 17.9 Å². The molecule has 1 N–H and O–H groups in total. The number of hydrogen-bond donors (Lipinski definition) is 1. The van der Waals surface area contributed by atoms with Crippen molar-refractivity contribution in [3.05, 3.63) is 53.9 Å². The van der Waals surface area contributed by atoms with E-state index in [1.54, 1.807) is 0 Å². The fourth-order valence-corrected chi connectivity index (χ4v) is 3.20. The number of hydrogen-bond acceptors (Lipinski definition) is 3. The molecular weight excluding hydrogens is 260 g/mol. The van der Waals surface area contributed by atoms with Gasteiger partial charge in [-0.2, -0.15) is 5.10 Å². The van der Waals surface area contributed by atoms with Crippen molar-refractivity contribution in [2.45, 2.75) is 32.0 Å². The quantitative estimate of drug-likeness (QED) is 0.915. The van der Waals surface area contributed by atoms with E-state index in [1.165, 1.54) is 24.2 Å². The first kappa shape index (κ1) is 14.3. The summed E-state index contributed by atoms with van der Waals surface area (Å²) in [7, 11) is 2.00. The Morgan fingerprint density at radius 1 is 1.29 bits per heavy atom. The van der Waals surface area contributed by atoms with Gasteiger partial charge in [-0.1, -0.05) is 30.3 Å². The molecule has 2 heterocycles. The van der Waals surface area contributed by atoms with Crippen molar-refractivity contribution in [3.8, 4) is 0 Å². The van der Waals surface area contributed by atoms with Gasteiger partial charge in [0.2, 0.25) is 0 Å². The zero-order valence-electron chi connectivity index (χ0n) is 12.9. The molecular formula is C17H24N4. The average Bonchev–Trinajstić information content (AvgIpc) is 3.09. The number of rotatable bonds is 5. The lowest BCUT2D eigenvalue weighted by Crippen LogP contribution is -2.34. The molecule has 0 aliphatic carbocycles. The van der Waals surface area contributed by atoms with Crippen LogP contribution >= 0.6 is 0 Å². The van der Waals surface area contributed by atoms with Gasteiger partial charge in [-0.3, -0.25) is 9.58 Å². The Kier molecular flexibility index (Phi) is 4.36. The molecule has 4 heteroatoms. The average molecular weight is 284 g/mol. The summed E-state index contributed by atoms with van der Waals surface area (Å²) >= 11 is 0. The molecule has 2 atom stereocenters. The highest BCUT2D eigenvalue weighted by Gasteiger charge is 2.24. The van der Waals surface area contributed by atoms with Crippen molar-refractivity contribution < 1.29 is 0 Å². The van der Waals surface area contributed by atoms with E-state index >= 15 is 0 Å². The number of nitrogens with one attached hydrogen (secondary N) is 1. The highest BCUT2D eigenvalue weighted by Crippen LogP contribution is 2.17. The van der Waals surface area contributed by atoms with E-state index in [9.17, 15) is 0 Å². The molecule has 0 saturated carbocycles. The molecule has 0 radical (unpaired) electrons. The maximum atomic E-state index is 4.25. The summed E-state index contributed by atoms with van der Waals surface area (Å²) in [5.74, 6) is 0. The van der Waals surface area contributed by atoms with Gasteiger partial charge >= 0.3 is 0 Å². The van der Waals surface area contributed by atoms with Gasteiger partial charge in [-0.05, 0) is 25.0 Å². The molecule has 2 unspecified atom stereocenters. The van der Waals surface area contributed by atoms with E-state index in [0.29, 0.717) is 12.1 Å². The predicted octanol–water partition coefficient (Wildman–Crippen LogP) is 2.35. The van der Waals surface area contributed by atoms with Crippen LogP contribution in [-0.4, -0.2) is 33.8 Å². The van der Waals surface area contributed by atoms with Crippen LogP contribution in [0.25, 0.3) is 0 Å². The molecule has 0 spiro atoms. The summed E-state index contributed by atoms with van der Waals surface area (Å²) in [5.41, 5.74) is 2.65. The summed E-state index contributed by atoms with van der Waals surface area (Å²) in [6, 6.07) is 13.7. The molecule has 1 fully saturated rings. The Labute approximate surface area is 126 Å². The Morgan fingerprint density at radius 3 is 2.81 bits per heavy atom. The van der Waals surface area contributed by atoms with Gasteiger partial charge in [-0.25, -0.2) is 0 Å². The van der Waals surface area contributed by atoms with Crippen LogP contribution in [0.15, 0.2) is 42.6 Å². The normalized spacial score (nSPS) is 20.8. The third kappa shape index (κ3) is 3.52. The van der Waals surface area contributed by atoms with Gasteiger partial charge in [0.05, 0.1) is 5.69 Å². The minimum atomic E-state index is 0.346. The molecule has 0 bridgehead atoms. The predicted molar refractivity (Wildman–Crippen MR) is 84.9 cm³/mol. The van der Waals surface area contributed by atoms with Gasteiger partial charge in [0, 0.05) is 45.0 Å². The van der Waals surface area contributed by atoms with Crippen molar-refractivity contribution in [2.75, 3.05) is 13.1 Å². The second-order valence-corrected chi connectivity index (χ2v) is 5.97. The van der Waals surface area contributed by atoms with Gasteiger partial charge in [0.25, 0.3) is 0 Å². The highest BCUT2D eigenvalue weighted by molar-refractivity contribution is 5.14. The number of likely N-dealkylation sites (tertiary alicyclic amines) is 1. The topological polar surface area (TPSA) is 33.1 Å². The van der Waals surface area contributed by atoms with Gasteiger partial charge in [0.15, 0.2) is 0 Å². The number of nitrogens with zero attached hydrogens (tertiary/aromatic N) is 3. The molecule has 1 saturated heterocycles. The third-order valence-electron chi connectivity index (χ3n) is 4.31. The summed E-state index contributed by atoms with van der Waals surface area (Å²) in [5, 5.41) is 7.98. The molecule has 1 aromatic carbocycles. The smallest absolute Gasteiger partial charge is 0.0547 e. The van der Waals surface area contributed by atoms with Crippen LogP contribution in [0.2, 0.25) is 0 Å². The second kappa shape index (κ2) is 6.41. The fourth-order valence-electron chi connectivity index (χ4n) is 3.20. The largest absolute Gasteiger partial charge is 0.305 e. The minimum Gasteiger partial charge on any atom is -0.305 e. The van der Waals surface area contributed by atoms with Crippen LogP contribution in [0.5, 0.6) is 0 Å². The van der Waals surface area contributed by atoms with E-state index < -0.39 is 0 Å². The summed E-state index contributed by atoms with van der Waals surface area (Å²) < 4.78 is 1.95. The van der Waals surface area contributed by atoms with Crippen LogP contribution in [0.1, 0.15) is 30.6 Å². The standard InChI is InChI=1S/C17H24N4/c1-14(17-8-10-18-20(17)2)19-16-9-11-21(13-16)12-15-6-4-3-5-7-15/h3-8,10,14,16,19H,9,11-13H2,1-2H3. The van der Waals surface area contributed by atoms with E-state index in [4.69, 9.17) is 0 Å². The molecule has 1 aliphatic rings. The number of aromatic nitrogens is 2. The first-order valence-corrected chi connectivity index (χ1v) is 7.72. The second-order valence-electron chi connectivity index (χ2n) is 5.97. The maximum Gasteiger partial charge on any atom is 0.0547 e. The molecule has 1 aromatic heterocycles. The lowest BCUT2D eigenvalue weighted by molar-refractivity contribution is 0.315. The first-order chi connectivity index (χ1) is 10.2. The fraction of sp³-hybridized carbons (Fsp3) is 0.471. The minimum absolute atomic E-state index is 0.346. The number of benzene rings is 1. The van der Waals surface area contributed by atoms with Crippen LogP contribution < -0.4 is 5.32 Å². The number of aryl methyl sites for hydroxylation is 1. The third-order valence-corrected chi connectivity index (χ3v) is 4.31. The maximum absolute atomic E-state index is 4.25. The molecule has 21 heavy (non-hydrogen) atoms. The van der Waals surface area contributed by atoms with Crippen LogP contribution in [-0.2, 0) is 13.6 Å². The Morgan fingerprint density at radius 2 is 2.10 bits per heavy atom. The Bertz CT molecular complexity index is 563. The molecule has 2 aromatic rings. The van der Waals surface area contributed by atoms with Crippen molar-refractivity contribution in [2.24, 2.45) is 7.05 Å². The lowest BCUT2D eigenvalue weighted by Gasteiger charge is -2.20. The zero-order valence-corrected chi connectivity index (χ0v) is 12.9. The van der Waals surface area contributed by atoms with E-state index in [-0.39, 0.29) is 0 Å². The van der Waals surface area contributed by atoms with Gasteiger partial charge in [-0.15, -0.1) is 0 Å². The molecule has 0 amide bonds. The van der Waals surface area contributed by atoms with Crippen molar-refractivity contribution in [1.29, 1.82) is 0 Å². The van der Waals surface area contributed by atoms with Crippen molar-refractivity contribution in [1.82, 2.24) is 20.0 Å². The van der Waals surface area contributed by atoms with Gasteiger partial charge < -0.3 is 5.32 Å². The van der Waals surface area contributed by atoms with Crippen molar-refractivity contribution >= 4 is 0 Å². The monoisotopic (exact) mass is 284 g/mol. The first-order valence-electron chi connectivity index (χ1n) is 7.72. The summed E-state index contributed by atoms with van der Waals surface area (Å²) in [6.07, 6.45) is 3.08. The Hall–Kier alpha value is -1.65. The molecule has 4 nitrogen and oxygen atoms in total. The molecule has 1 aliphatic heterocycles. The van der Waals surface area contributed by atoms with E-state index in [0.717, 1.165) is 13.1 Å². The van der Waals surface area contributed by atoms with Crippen LogP contribution in [0, 0.1) is 0 Å². The highest BCUT2D eigenvalue weighted by atomic mass is 15.3. The SMILES string of the molecule is CC(NC1CCN(Cc2ccccc2)C1)c1ccnn1C. The zero-order chi connectivity index (χ0) is 14.7. The van der Waals surface area contributed by atoms with Crippen LogP contribution in [0.4, 0.5) is 0 Å². The van der Waals surface area contributed by atoms with Crippen LogP contribution in [0.3, 0.4) is 0 Å². The van der Waals surface area contributed by atoms with Crippen molar-refractivity contribution in [3.63, 3.8) is 0 Å².